The van der Waals surface area contributed by atoms with Crippen molar-refractivity contribution in [3.63, 3.8) is 0 Å². The van der Waals surface area contributed by atoms with Gasteiger partial charge in [-0.05, 0) is 48.6 Å². The van der Waals surface area contributed by atoms with Crippen LogP contribution in [0.15, 0.2) is 36.4 Å². The predicted octanol–water partition coefficient (Wildman–Crippen LogP) is 6.10. The number of hydrogen-bond acceptors (Lipinski definition) is 1. The Bertz CT molecular complexity index is 449. The highest BCUT2D eigenvalue weighted by atomic mass is 16.5. The van der Waals surface area contributed by atoms with Crippen LogP contribution in [0.1, 0.15) is 70.4 Å². The highest BCUT2D eigenvalue weighted by molar-refractivity contribution is 5.25. The van der Waals surface area contributed by atoms with E-state index in [1.54, 1.807) is 0 Å². The van der Waals surface area contributed by atoms with Gasteiger partial charge in [-0.25, -0.2) is 0 Å². The second-order valence-corrected chi connectivity index (χ2v) is 7.34. The summed E-state index contributed by atoms with van der Waals surface area (Å²) < 4.78 is 5.89. The Labute approximate surface area is 136 Å². The van der Waals surface area contributed by atoms with E-state index >= 15 is 0 Å². The van der Waals surface area contributed by atoms with Gasteiger partial charge >= 0.3 is 0 Å². The van der Waals surface area contributed by atoms with E-state index in [2.05, 4.69) is 64.1 Å². The van der Waals surface area contributed by atoms with Gasteiger partial charge in [-0.1, -0.05) is 70.0 Å². The van der Waals surface area contributed by atoms with E-state index in [4.69, 9.17) is 4.74 Å². The first-order chi connectivity index (χ1) is 10.5. The van der Waals surface area contributed by atoms with Gasteiger partial charge in [0.15, 0.2) is 0 Å². The Hall–Kier alpha value is -1.08. The lowest BCUT2D eigenvalue weighted by molar-refractivity contribution is 0.0837. The smallest absolute Gasteiger partial charge is 0.0732 e. The van der Waals surface area contributed by atoms with Crippen molar-refractivity contribution in [2.75, 3.05) is 0 Å². The third kappa shape index (κ3) is 5.61. The first-order valence-electron chi connectivity index (χ1n) is 8.93. The van der Waals surface area contributed by atoms with Crippen LogP contribution in [0.5, 0.6) is 0 Å². The summed E-state index contributed by atoms with van der Waals surface area (Å²) in [6, 6.07) is 9.11. The molecule has 0 saturated heterocycles. The Morgan fingerprint density at radius 2 is 1.64 bits per heavy atom. The summed E-state index contributed by atoms with van der Waals surface area (Å²) in [5, 5.41) is 0. The first kappa shape index (κ1) is 17.3. The molecule has 0 N–H and O–H groups in total. The van der Waals surface area contributed by atoms with Crippen LogP contribution in [0, 0.1) is 11.8 Å². The van der Waals surface area contributed by atoms with Crippen molar-refractivity contribution >= 4 is 0 Å². The molecule has 0 aliphatic heterocycles. The molecule has 1 atom stereocenters. The van der Waals surface area contributed by atoms with Crippen LogP contribution in [0.3, 0.4) is 0 Å². The molecule has 0 spiro atoms. The fraction of sp³-hybridized carbons (Fsp3) is 0.619. The van der Waals surface area contributed by atoms with Gasteiger partial charge in [0, 0.05) is 0 Å². The molecule has 2 rings (SSSR count). The minimum Gasteiger partial charge on any atom is -0.370 e. The molecule has 1 aliphatic carbocycles. The van der Waals surface area contributed by atoms with Crippen LogP contribution >= 0.6 is 0 Å². The molecular formula is C21H32O. The van der Waals surface area contributed by atoms with Gasteiger partial charge in [0.2, 0.25) is 0 Å². The lowest BCUT2D eigenvalue weighted by Gasteiger charge is -2.26. The van der Waals surface area contributed by atoms with Crippen molar-refractivity contribution in [2.24, 2.45) is 11.8 Å². The third-order valence-corrected chi connectivity index (χ3v) is 4.75. The van der Waals surface area contributed by atoms with Crippen LogP contribution in [-0.2, 0) is 11.3 Å². The molecule has 0 bridgehead atoms. The van der Waals surface area contributed by atoms with Crippen LogP contribution in [0.4, 0.5) is 0 Å². The van der Waals surface area contributed by atoms with Crippen molar-refractivity contribution in [3.05, 3.63) is 47.5 Å². The average Bonchev–Trinajstić information content (AvgIpc) is 2.52. The minimum absolute atomic E-state index is 0.182. The molecule has 22 heavy (non-hydrogen) atoms. The fourth-order valence-electron chi connectivity index (χ4n) is 3.14. The summed E-state index contributed by atoms with van der Waals surface area (Å²) in [5.41, 5.74) is 2.79. The van der Waals surface area contributed by atoms with E-state index < -0.39 is 0 Å². The maximum absolute atomic E-state index is 5.89. The van der Waals surface area contributed by atoms with Gasteiger partial charge in [0.25, 0.3) is 0 Å². The van der Waals surface area contributed by atoms with E-state index in [1.165, 1.54) is 36.8 Å². The normalized spacial score (nSPS) is 24.0. The zero-order chi connectivity index (χ0) is 15.9. The van der Waals surface area contributed by atoms with Gasteiger partial charge in [0.05, 0.1) is 12.7 Å². The first-order valence-corrected chi connectivity index (χ1v) is 8.93. The van der Waals surface area contributed by atoms with Crippen molar-refractivity contribution in [1.29, 1.82) is 0 Å². The zero-order valence-corrected chi connectivity index (χ0v) is 14.7. The number of ether oxygens (including phenoxy) is 1. The highest BCUT2D eigenvalue weighted by Crippen LogP contribution is 2.35. The van der Waals surface area contributed by atoms with E-state index in [9.17, 15) is 0 Å². The van der Waals surface area contributed by atoms with Gasteiger partial charge in [-0.15, -0.1) is 0 Å². The van der Waals surface area contributed by atoms with Crippen molar-refractivity contribution in [2.45, 2.75) is 72.0 Å². The van der Waals surface area contributed by atoms with E-state index in [1.807, 2.05) is 0 Å². The van der Waals surface area contributed by atoms with Crippen LogP contribution in [-0.4, -0.2) is 6.10 Å². The predicted molar refractivity (Wildman–Crippen MR) is 95.0 cm³/mol. The average molecular weight is 300 g/mol. The van der Waals surface area contributed by atoms with Gasteiger partial charge < -0.3 is 4.74 Å². The molecule has 1 fully saturated rings. The largest absolute Gasteiger partial charge is 0.370 e. The molecule has 0 radical (unpaired) electrons. The quantitative estimate of drug-likeness (QED) is 0.577. The maximum atomic E-state index is 5.89. The van der Waals surface area contributed by atoms with Gasteiger partial charge in [-0.3, -0.25) is 0 Å². The molecule has 0 amide bonds. The monoisotopic (exact) mass is 300 g/mol. The summed E-state index contributed by atoms with van der Waals surface area (Å²) in [6.07, 6.45) is 10.0. The molecule has 1 aliphatic rings. The summed E-state index contributed by atoms with van der Waals surface area (Å²) in [7, 11) is 0. The summed E-state index contributed by atoms with van der Waals surface area (Å²) in [5.74, 6) is 2.28. The third-order valence-electron chi connectivity index (χ3n) is 4.75. The number of allylic oxidation sites excluding steroid dienone is 1. The number of benzene rings is 1. The number of hydrogen-bond donors (Lipinski definition) is 0. The zero-order valence-electron chi connectivity index (χ0n) is 14.7. The SMILES string of the molecule is CC(C)/C=C\C(C)OCc1ccc(C2CCC(C)CC2)cc1. The lowest BCUT2D eigenvalue weighted by atomic mass is 9.79. The van der Waals surface area contributed by atoms with Crippen LogP contribution in [0.2, 0.25) is 0 Å². The maximum Gasteiger partial charge on any atom is 0.0732 e. The second kappa shape index (κ2) is 8.53. The molecule has 0 heterocycles. The minimum atomic E-state index is 0.182. The van der Waals surface area contributed by atoms with Crippen molar-refractivity contribution in [3.8, 4) is 0 Å². The molecule has 1 unspecified atom stereocenters. The molecule has 1 aromatic rings. The Morgan fingerprint density at radius 1 is 1.00 bits per heavy atom. The number of rotatable bonds is 6. The molecule has 1 saturated carbocycles. The molecule has 0 aromatic heterocycles. The summed E-state index contributed by atoms with van der Waals surface area (Å²) in [6.45, 7) is 9.56. The summed E-state index contributed by atoms with van der Waals surface area (Å²) >= 11 is 0. The second-order valence-electron chi connectivity index (χ2n) is 7.34. The Kier molecular flexibility index (Phi) is 6.70. The Morgan fingerprint density at radius 3 is 2.23 bits per heavy atom. The highest BCUT2D eigenvalue weighted by Gasteiger charge is 2.19. The standard InChI is InChI=1S/C21H32O/c1-16(2)5-8-18(4)22-15-19-9-13-21(14-10-19)20-11-6-17(3)7-12-20/h5,8-10,13-14,16-18,20H,6-7,11-12,15H2,1-4H3/b8-5-. The van der Waals surface area contributed by atoms with E-state index in [-0.39, 0.29) is 6.10 Å². The molecule has 1 heteroatoms. The van der Waals surface area contributed by atoms with Crippen molar-refractivity contribution < 1.29 is 4.74 Å². The van der Waals surface area contributed by atoms with Gasteiger partial charge in [0.1, 0.15) is 0 Å². The van der Waals surface area contributed by atoms with E-state index in [0.29, 0.717) is 12.5 Å². The topological polar surface area (TPSA) is 9.23 Å². The van der Waals surface area contributed by atoms with Crippen LogP contribution in [0.25, 0.3) is 0 Å². The molecule has 1 nitrogen and oxygen atoms in total. The van der Waals surface area contributed by atoms with Crippen molar-refractivity contribution in [1.82, 2.24) is 0 Å². The lowest BCUT2D eigenvalue weighted by Crippen LogP contribution is -2.11. The fourth-order valence-corrected chi connectivity index (χ4v) is 3.14. The molecule has 122 valence electrons. The van der Waals surface area contributed by atoms with Gasteiger partial charge in [-0.2, -0.15) is 0 Å². The molecular weight excluding hydrogens is 268 g/mol. The molecule has 1 aromatic carbocycles. The van der Waals surface area contributed by atoms with E-state index in [0.717, 1.165) is 11.8 Å². The summed E-state index contributed by atoms with van der Waals surface area (Å²) in [4.78, 5) is 0. The Balaban J connectivity index is 1.82. The van der Waals surface area contributed by atoms with Crippen LogP contribution < -0.4 is 0 Å².